The van der Waals surface area contributed by atoms with Crippen LogP contribution >= 0.6 is 12.6 Å². The summed E-state index contributed by atoms with van der Waals surface area (Å²) in [5.74, 6) is -1.19. The second-order valence-corrected chi connectivity index (χ2v) is 10.2. The van der Waals surface area contributed by atoms with Gasteiger partial charge in [-0.15, -0.1) is 0 Å². The van der Waals surface area contributed by atoms with Crippen LogP contribution in [0.3, 0.4) is 0 Å². The molecule has 2 unspecified atom stereocenters. The van der Waals surface area contributed by atoms with Gasteiger partial charge >= 0.3 is 6.09 Å². The Kier molecular flexibility index (Phi) is 9.37. The van der Waals surface area contributed by atoms with Crippen LogP contribution in [-0.4, -0.2) is 46.7 Å². The van der Waals surface area contributed by atoms with Gasteiger partial charge in [0.25, 0.3) is 5.91 Å². The average Bonchev–Trinajstić information content (AvgIpc) is 2.85. The molecule has 8 nitrogen and oxygen atoms in total. The Labute approximate surface area is 228 Å². The zero-order valence-electron chi connectivity index (χ0n) is 21.9. The molecule has 9 heteroatoms. The first-order valence-corrected chi connectivity index (χ1v) is 12.8. The number of rotatable bonds is 8. The lowest BCUT2D eigenvalue weighted by Gasteiger charge is -2.32. The molecule has 3 rings (SSSR count). The van der Waals surface area contributed by atoms with Crippen molar-refractivity contribution in [2.45, 2.75) is 45.4 Å². The Morgan fingerprint density at radius 2 is 1.74 bits per heavy atom. The molecule has 0 aliphatic rings. The van der Waals surface area contributed by atoms with E-state index in [0.717, 1.165) is 21.2 Å². The first-order valence-electron chi connectivity index (χ1n) is 12.2. The number of alkyl carbamates (subject to hydrolysis) is 1. The lowest BCUT2D eigenvalue weighted by Crippen LogP contribution is -2.53. The molecule has 0 aromatic heterocycles. The third kappa shape index (κ3) is 7.49. The molecule has 198 valence electrons. The molecular weight excluding hydrogens is 500 g/mol. The van der Waals surface area contributed by atoms with E-state index in [1.165, 1.54) is 0 Å². The highest BCUT2D eigenvalue weighted by Crippen LogP contribution is 2.26. The van der Waals surface area contributed by atoms with E-state index in [1.807, 2.05) is 55.5 Å². The molecule has 0 aliphatic carbocycles. The molecule has 0 fully saturated rings. The summed E-state index contributed by atoms with van der Waals surface area (Å²) in [7, 11) is 0. The minimum atomic E-state index is -1.14. The number of nitriles is 1. The molecule has 0 saturated heterocycles. The van der Waals surface area contributed by atoms with E-state index >= 15 is 0 Å². The fourth-order valence-corrected chi connectivity index (χ4v) is 4.25. The molecule has 38 heavy (non-hydrogen) atoms. The van der Waals surface area contributed by atoms with Gasteiger partial charge in [-0.2, -0.15) is 17.9 Å². The average molecular weight is 533 g/mol. The molecule has 0 spiro atoms. The zero-order chi connectivity index (χ0) is 27.9. The van der Waals surface area contributed by atoms with Gasteiger partial charge in [-0.05, 0) is 56.2 Å². The largest absolute Gasteiger partial charge is 0.444 e. The molecular formula is C29H32N4O4S. The molecule has 0 radical (unpaired) electrons. The summed E-state index contributed by atoms with van der Waals surface area (Å²) in [5.41, 5.74) is 1.19. The second-order valence-electron chi connectivity index (χ2n) is 9.87. The molecule has 0 saturated carbocycles. The number of ether oxygens (including phenoxy) is 1. The van der Waals surface area contributed by atoms with E-state index in [0.29, 0.717) is 11.3 Å². The molecule has 2 atom stereocenters. The van der Waals surface area contributed by atoms with E-state index in [2.05, 4.69) is 23.3 Å². The number of thiol groups is 1. The van der Waals surface area contributed by atoms with Crippen LogP contribution in [0.25, 0.3) is 10.8 Å². The summed E-state index contributed by atoms with van der Waals surface area (Å²) in [4.78, 5) is 41.0. The smallest absolute Gasteiger partial charge is 0.408 e. The van der Waals surface area contributed by atoms with E-state index in [4.69, 9.17) is 4.74 Å². The maximum Gasteiger partial charge on any atom is 0.408 e. The zero-order valence-corrected chi connectivity index (χ0v) is 22.8. The maximum atomic E-state index is 13.8. The van der Waals surface area contributed by atoms with E-state index in [9.17, 15) is 19.6 Å². The lowest BCUT2D eigenvalue weighted by molar-refractivity contribution is -0.139. The van der Waals surface area contributed by atoms with Crippen LogP contribution in [0.4, 0.5) is 10.5 Å². The standard InChI is InChI=1S/C29H32N4O4S/c1-19-8-7-11-22(16-19)25(26(34)31-23-13-12-20-9-5-6-10-21(20)17-23)33(15-14-30)27(35)24(18-38)32-28(36)37-29(2,3)4/h5-13,16-17,24-25,38H,15,18H2,1-4H3,(H,31,34)(H,32,36). The number of carbonyl (C=O) groups is 3. The van der Waals surface area contributed by atoms with E-state index in [1.54, 1.807) is 45.0 Å². The van der Waals surface area contributed by atoms with Crippen molar-refractivity contribution in [1.82, 2.24) is 10.2 Å². The van der Waals surface area contributed by atoms with Crippen LogP contribution in [0.15, 0.2) is 66.7 Å². The predicted octanol–water partition coefficient (Wildman–Crippen LogP) is 5.00. The monoisotopic (exact) mass is 532 g/mol. The van der Waals surface area contributed by atoms with Crippen LogP contribution in [0, 0.1) is 18.3 Å². The fraction of sp³-hybridized carbons (Fsp3) is 0.310. The molecule has 3 aromatic rings. The Morgan fingerprint density at radius 1 is 1.03 bits per heavy atom. The lowest BCUT2D eigenvalue weighted by atomic mass is 10.0. The van der Waals surface area contributed by atoms with Crippen LogP contribution in [0.5, 0.6) is 0 Å². The number of nitrogens with one attached hydrogen (secondary N) is 2. The molecule has 0 heterocycles. The van der Waals surface area contributed by atoms with E-state index < -0.39 is 35.6 Å². The normalized spacial score (nSPS) is 12.6. The van der Waals surface area contributed by atoms with Crippen molar-refractivity contribution >= 4 is 47.0 Å². The Morgan fingerprint density at radius 3 is 2.37 bits per heavy atom. The number of hydrogen-bond acceptors (Lipinski definition) is 6. The van der Waals surface area contributed by atoms with Crippen LogP contribution in [0.1, 0.15) is 37.9 Å². The Balaban J connectivity index is 1.97. The number of hydrogen-bond donors (Lipinski definition) is 3. The predicted molar refractivity (Wildman–Crippen MR) is 151 cm³/mol. The van der Waals surface area contributed by atoms with Gasteiger partial charge in [0, 0.05) is 11.4 Å². The number of nitrogens with zero attached hydrogens (tertiary/aromatic N) is 2. The van der Waals surface area contributed by atoms with Crippen molar-refractivity contribution in [2.75, 3.05) is 17.6 Å². The van der Waals surface area contributed by atoms with Gasteiger partial charge in [-0.1, -0.05) is 60.2 Å². The minimum Gasteiger partial charge on any atom is -0.444 e. The fourth-order valence-electron chi connectivity index (χ4n) is 4.00. The van der Waals surface area contributed by atoms with Gasteiger partial charge in [-0.25, -0.2) is 4.79 Å². The summed E-state index contributed by atoms with van der Waals surface area (Å²) in [6, 6.07) is 20.2. The molecule has 2 N–H and O–H groups in total. The summed E-state index contributed by atoms with van der Waals surface area (Å²) in [6.45, 7) is 6.60. The third-order valence-corrected chi connectivity index (χ3v) is 6.00. The van der Waals surface area contributed by atoms with Crippen LogP contribution < -0.4 is 10.6 Å². The number of anilines is 1. The third-order valence-electron chi connectivity index (χ3n) is 5.63. The Bertz CT molecular complexity index is 1360. The van der Waals surface area contributed by atoms with Crippen molar-refractivity contribution in [3.8, 4) is 6.07 Å². The van der Waals surface area contributed by atoms with Crippen molar-refractivity contribution in [3.63, 3.8) is 0 Å². The van der Waals surface area contributed by atoms with Gasteiger partial charge in [-0.3, -0.25) is 9.59 Å². The van der Waals surface area contributed by atoms with Gasteiger partial charge in [0.2, 0.25) is 5.91 Å². The van der Waals surface area contributed by atoms with Crippen molar-refractivity contribution in [2.24, 2.45) is 0 Å². The van der Waals surface area contributed by atoms with Crippen LogP contribution in [0.2, 0.25) is 0 Å². The summed E-state index contributed by atoms with van der Waals surface area (Å²) >= 11 is 4.24. The number of carbonyl (C=O) groups excluding carboxylic acids is 3. The number of fused-ring (bicyclic) bond motifs is 1. The summed E-state index contributed by atoms with van der Waals surface area (Å²) < 4.78 is 5.28. The quantitative estimate of drug-likeness (QED) is 0.279. The first kappa shape index (κ1) is 28.5. The summed E-state index contributed by atoms with van der Waals surface area (Å²) in [6.07, 6.45) is -0.797. The van der Waals surface area contributed by atoms with Crippen molar-refractivity contribution in [3.05, 3.63) is 77.9 Å². The second kappa shape index (κ2) is 12.5. The topological polar surface area (TPSA) is 112 Å². The van der Waals surface area contributed by atoms with Crippen molar-refractivity contribution in [1.29, 1.82) is 5.26 Å². The van der Waals surface area contributed by atoms with Gasteiger partial charge in [0.05, 0.1) is 6.07 Å². The number of benzene rings is 3. The highest BCUT2D eigenvalue weighted by atomic mass is 32.1. The van der Waals surface area contributed by atoms with Gasteiger partial charge < -0.3 is 20.3 Å². The summed E-state index contributed by atoms with van der Waals surface area (Å²) in [5, 5.41) is 17.0. The first-order chi connectivity index (χ1) is 18.0. The Hall–Kier alpha value is -4.03. The highest BCUT2D eigenvalue weighted by Gasteiger charge is 2.36. The number of aryl methyl sites for hydroxylation is 1. The highest BCUT2D eigenvalue weighted by molar-refractivity contribution is 7.80. The van der Waals surface area contributed by atoms with Crippen molar-refractivity contribution < 1.29 is 19.1 Å². The molecule has 0 aliphatic heterocycles. The van der Waals surface area contributed by atoms with Crippen LogP contribution in [-0.2, 0) is 14.3 Å². The maximum absolute atomic E-state index is 13.8. The number of amides is 3. The molecule has 0 bridgehead atoms. The molecule has 3 amide bonds. The van der Waals surface area contributed by atoms with Gasteiger partial charge in [0.15, 0.2) is 0 Å². The minimum absolute atomic E-state index is 0.0627. The van der Waals surface area contributed by atoms with Gasteiger partial charge in [0.1, 0.15) is 24.2 Å². The SMILES string of the molecule is Cc1cccc(C(C(=O)Nc2ccc3ccccc3c2)N(CC#N)C(=O)C(CS)NC(=O)OC(C)(C)C)c1. The molecule has 3 aromatic carbocycles. The van der Waals surface area contributed by atoms with E-state index in [-0.39, 0.29) is 12.3 Å².